The lowest BCUT2D eigenvalue weighted by Crippen LogP contribution is -2.59. The molecule has 1 unspecified atom stereocenters. The number of hydrogen-bond donors (Lipinski definition) is 2. The molecule has 2 aliphatic rings. The Balaban J connectivity index is 1.75. The van der Waals surface area contributed by atoms with E-state index in [0.717, 1.165) is 30.6 Å². The zero-order chi connectivity index (χ0) is 21.9. The largest absolute Gasteiger partial charge is 0.374 e. The molecule has 1 aromatic rings. The summed E-state index contributed by atoms with van der Waals surface area (Å²) in [5.41, 5.74) is 3.43. The third-order valence-electron chi connectivity index (χ3n) is 4.72. The number of carbonyl (C=O) groups is 1. The first-order valence-corrected chi connectivity index (χ1v) is 11.8. The minimum atomic E-state index is -1.22. The van der Waals surface area contributed by atoms with Crippen molar-refractivity contribution in [1.82, 2.24) is 15.7 Å². The smallest absolute Gasteiger partial charge is 0.240 e. The van der Waals surface area contributed by atoms with Crippen molar-refractivity contribution < 1.29 is 27.0 Å². The third kappa shape index (κ3) is 6.18. The summed E-state index contributed by atoms with van der Waals surface area (Å²) < 4.78 is 52.1. The number of benzene rings is 1. The summed E-state index contributed by atoms with van der Waals surface area (Å²) in [6.45, 7) is 7.12. The lowest BCUT2D eigenvalue weighted by Gasteiger charge is -2.37. The van der Waals surface area contributed by atoms with Crippen LogP contribution in [-0.2, 0) is 20.2 Å². The summed E-state index contributed by atoms with van der Waals surface area (Å²) in [6, 6.07) is 0.556. The molecule has 30 heavy (non-hydrogen) atoms. The van der Waals surface area contributed by atoms with Gasteiger partial charge in [-0.3, -0.25) is 9.69 Å². The predicted molar refractivity (Wildman–Crippen MR) is 111 cm³/mol. The number of hydroxylamine groups is 1. The van der Waals surface area contributed by atoms with Gasteiger partial charge in [0.25, 0.3) is 0 Å². The van der Waals surface area contributed by atoms with E-state index in [1.165, 1.54) is 0 Å². The highest BCUT2D eigenvalue weighted by Crippen LogP contribution is 2.30. The molecule has 6 nitrogen and oxygen atoms in total. The summed E-state index contributed by atoms with van der Waals surface area (Å²) >= 11 is 1.15. The topological polar surface area (TPSA) is 62.8 Å². The first-order valence-electron chi connectivity index (χ1n) is 9.61. The van der Waals surface area contributed by atoms with Crippen molar-refractivity contribution >= 4 is 30.4 Å². The summed E-state index contributed by atoms with van der Waals surface area (Å²) in [5, 5.41) is 2.87. The molecule has 0 spiro atoms. The van der Waals surface area contributed by atoms with Crippen LogP contribution in [0.25, 0.3) is 0 Å². The molecule has 0 bridgehead atoms. The fraction of sp³-hybridized carbons (Fsp3) is 0.579. The molecular formula is C19H25F3N3O3PS. The van der Waals surface area contributed by atoms with Gasteiger partial charge in [0.1, 0.15) is 11.9 Å². The van der Waals surface area contributed by atoms with Gasteiger partial charge in [0.2, 0.25) is 5.91 Å². The van der Waals surface area contributed by atoms with E-state index in [9.17, 15) is 18.0 Å². The van der Waals surface area contributed by atoms with E-state index in [-0.39, 0.29) is 36.1 Å². The minimum Gasteiger partial charge on any atom is -0.374 e. The van der Waals surface area contributed by atoms with Crippen LogP contribution in [0.5, 0.6) is 0 Å². The number of ether oxygens (including phenoxy) is 1. The molecule has 0 aliphatic carbocycles. The fourth-order valence-electron chi connectivity index (χ4n) is 3.24. The molecule has 0 radical (unpaired) electrons. The second kappa shape index (κ2) is 9.97. The molecule has 1 saturated heterocycles. The van der Waals surface area contributed by atoms with Crippen LogP contribution in [0.1, 0.15) is 32.8 Å². The maximum Gasteiger partial charge on any atom is 0.240 e. The van der Waals surface area contributed by atoms with Gasteiger partial charge >= 0.3 is 0 Å². The van der Waals surface area contributed by atoms with Crippen LogP contribution in [-0.4, -0.2) is 53.6 Å². The number of carbonyl (C=O) groups excluding carboxylic acids is 1. The van der Waals surface area contributed by atoms with Gasteiger partial charge in [0, 0.05) is 44.4 Å². The van der Waals surface area contributed by atoms with E-state index in [1.807, 2.05) is 25.7 Å². The van der Waals surface area contributed by atoms with Gasteiger partial charge in [-0.15, -0.1) is 0 Å². The Hall–Kier alpha value is -1.16. The second-order valence-electron chi connectivity index (χ2n) is 8.17. The zero-order valence-electron chi connectivity index (χ0n) is 17.0. The Morgan fingerprint density at radius 2 is 2.00 bits per heavy atom. The molecule has 0 saturated carbocycles. The highest BCUT2D eigenvalue weighted by Gasteiger charge is 2.35. The van der Waals surface area contributed by atoms with Gasteiger partial charge in [-0.05, 0) is 38.8 Å². The van der Waals surface area contributed by atoms with E-state index in [0.29, 0.717) is 25.6 Å². The lowest BCUT2D eigenvalue weighted by molar-refractivity contribution is -0.131. The van der Waals surface area contributed by atoms with E-state index in [4.69, 9.17) is 9.02 Å². The second-order valence-corrected chi connectivity index (χ2v) is 10.2. The number of piperazine rings is 1. The molecule has 2 heterocycles. The van der Waals surface area contributed by atoms with Crippen molar-refractivity contribution in [3.63, 3.8) is 0 Å². The highest BCUT2D eigenvalue weighted by atomic mass is 32.7. The summed E-state index contributed by atoms with van der Waals surface area (Å²) in [4.78, 5) is 14.5. The zero-order valence-corrected chi connectivity index (χ0v) is 18.7. The Bertz CT molecular complexity index is 822. The number of nitrogens with one attached hydrogen (secondary N) is 2. The highest BCUT2D eigenvalue weighted by molar-refractivity contribution is 8.46. The summed E-state index contributed by atoms with van der Waals surface area (Å²) in [5.74, 6) is -3.23. The number of hydrogen-bond acceptors (Lipinski definition) is 6. The normalized spacial score (nSPS) is 24.2. The number of rotatable bonds is 5. The molecule has 1 aromatic carbocycles. The first-order chi connectivity index (χ1) is 14.1. The van der Waals surface area contributed by atoms with E-state index in [1.54, 1.807) is 0 Å². The van der Waals surface area contributed by atoms with Gasteiger partial charge in [-0.1, -0.05) is 0 Å². The molecule has 0 aromatic heterocycles. The fourth-order valence-corrected chi connectivity index (χ4v) is 5.22. The van der Waals surface area contributed by atoms with Crippen molar-refractivity contribution in [3.8, 4) is 0 Å². The molecule has 1 fully saturated rings. The van der Waals surface area contributed by atoms with Crippen LogP contribution in [0.4, 0.5) is 13.2 Å². The van der Waals surface area contributed by atoms with Gasteiger partial charge in [0.15, 0.2) is 11.6 Å². The molecule has 11 heteroatoms. The van der Waals surface area contributed by atoms with Crippen LogP contribution < -0.4 is 10.8 Å². The first kappa shape index (κ1) is 23.5. The van der Waals surface area contributed by atoms with Gasteiger partial charge < -0.3 is 10.1 Å². The van der Waals surface area contributed by atoms with E-state index >= 15 is 0 Å². The van der Waals surface area contributed by atoms with Crippen LogP contribution >= 0.6 is 19.1 Å². The molecule has 1 amide bonds. The van der Waals surface area contributed by atoms with E-state index in [2.05, 4.69) is 10.8 Å². The summed E-state index contributed by atoms with van der Waals surface area (Å²) in [6.07, 6.45) is 0.554. The lowest BCUT2D eigenvalue weighted by atomic mass is 10.0. The summed E-state index contributed by atoms with van der Waals surface area (Å²) in [7, 11) is 0.800. The third-order valence-corrected chi connectivity index (χ3v) is 6.69. The van der Waals surface area contributed by atoms with Crippen molar-refractivity contribution in [1.29, 1.82) is 0 Å². The molecule has 3 rings (SSSR count). The predicted octanol–water partition coefficient (Wildman–Crippen LogP) is 3.19. The Morgan fingerprint density at radius 1 is 1.27 bits per heavy atom. The van der Waals surface area contributed by atoms with Crippen LogP contribution in [0.3, 0.4) is 0 Å². The number of amides is 1. The maximum absolute atomic E-state index is 14.1. The average Bonchev–Trinajstić information content (AvgIpc) is 2.90. The van der Waals surface area contributed by atoms with Crippen LogP contribution in [0.15, 0.2) is 12.1 Å². The van der Waals surface area contributed by atoms with Crippen molar-refractivity contribution in [2.24, 2.45) is 0 Å². The standard InChI is InChI=1S/C19H25F3N3O3PS/c1-19(2,3)27-10-16-18(26)23-4-5-25(16)17-8-12(24-28-30-29-17)6-11-7-14(21)15(22)9-13(11)20/h7,9,12,16,24H,4-6,8,10H2,1-3H3,(H,23,26)/t12?,16-/m1/s1. The number of nitrogens with zero attached hydrogens (tertiary/aromatic N) is 1. The average molecular weight is 463 g/mol. The van der Waals surface area contributed by atoms with Crippen molar-refractivity contribution in [2.75, 3.05) is 19.7 Å². The maximum atomic E-state index is 14.1. The van der Waals surface area contributed by atoms with E-state index < -0.39 is 23.5 Å². The van der Waals surface area contributed by atoms with Crippen LogP contribution in [0, 0.1) is 17.5 Å². The monoisotopic (exact) mass is 463 g/mol. The molecule has 166 valence electrons. The Labute approximate surface area is 179 Å². The minimum absolute atomic E-state index is 0.0573. The molecule has 2 aliphatic heterocycles. The van der Waals surface area contributed by atoms with Crippen LogP contribution in [0.2, 0.25) is 0 Å². The van der Waals surface area contributed by atoms with Crippen molar-refractivity contribution in [2.45, 2.75) is 51.3 Å². The number of halogens is 3. The Kier molecular flexibility index (Phi) is 7.81. The molecular weight excluding hydrogens is 438 g/mol. The molecule has 2 atom stereocenters. The SMILES string of the molecule is CC(C)(C)OC[C@@H]1C(=O)NCCN1C1=PSONC(Cc2cc(F)c(F)cc2F)C1. The quantitative estimate of drug-likeness (QED) is 0.397. The van der Waals surface area contributed by atoms with Crippen molar-refractivity contribution in [3.05, 3.63) is 35.1 Å². The Morgan fingerprint density at radius 3 is 2.73 bits per heavy atom. The molecule has 2 N–H and O–H groups in total. The van der Waals surface area contributed by atoms with Gasteiger partial charge in [-0.25, -0.2) is 17.5 Å². The van der Waals surface area contributed by atoms with Gasteiger partial charge in [0.05, 0.1) is 23.9 Å². The van der Waals surface area contributed by atoms with Gasteiger partial charge in [-0.2, -0.15) is 5.48 Å².